The van der Waals surface area contributed by atoms with Crippen LogP contribution in [0.1, 0.15) is 44.6 Å². The van der Waals surface area contributed by atoms with Crippen LogP contribution in [0.15, 0.2) is 24.3 Å². The molecule has 0 spiro atoms. The number of hydrogen-bond acceptors (Lipinski definition) is 5. The van der Waals surface area contributed by atoms with Crippen molar-refractivity contribution in [2.75, 3.05) is 13.7 Å². The summed E-state index contributed by atoms with van der Waals surface area (Å²) in [4.78, 5) is 36.8. The summed E-state index contributed by atoms with van der Waals surface area (Å²) in [6.07, 6.45) is 3.32. The van der Waals surface area contributed by atoms with Crippen LogP contribution in [-0.2, 0) is 24.5 Å². The van der Waals surface area contributed by atoms with E-state index in [-0.39, 0.29) is 18.8 Å². The molecular weight excluding hydrogens is 308 g/mol. The van der Waals surface area contributed by atoms with Gasteiger partial charge in [-0.25, -0.2) is 0 Å². The topological polar surface area (TPSA) is 69.7 Å². The van der Waals surface area contributed by atoms with Gasteiger partial charge < -0.3 is 14.3 Å². The highest BCUT2D eigenvalue weighted by Gasteiger charge is 2.46. The van der Waals surface area contributed by atoms with Crippen LogP contribution in [0.3, 0.4) is 0 Å². The van der Waals surface area contributed by atoms with Crippen LogP contribution in [0.2, 0.25) is 0 Å². The maximum atomic E-state index is 13.2. The van der Waals surface area contributed by atoms with E-state index < -0.39 is 17.3 Å². The zero-order valence-corrected chi connectivity index (χ0v) is 14.2. The molecule has 2 unspecified atom stereocenters. The monoisotopic (exact) mass is 332 g/mol. The molecule has 130 valence electrons. The minimum absolute atomic E-state index is 0.0445. The second kappa shape index (κ2) is 8.08. The number of ether oxygens (including phenoxy) is 2. The SMILES string of the molecule is CCOC(=O)CC1(c2cccc(OC)c2)CCCCC(C=O)C1=O. The predicted molar refractivity (Wildman–Crippen MR) is 89.0 cm³/mol. The number of Topliss-reactive ketones (excluding diaryl/α,β-unsaturated/α-hetero) is 1. The van der Waals surface area contributed by atoms with Crippen LogP contribution in [0.5, 0.6) is 5.75 Å². The number of benzene rings is 1. The molecular formula is C19H24O5. The van der Waals surface area contributed by atoms with E-state index in [1.54, 1.807) is 32.2 Å². The van der Waals surface area contributed by atoms with Gasteiger partial charge in [0.05, 0.1) is 31.5 Å². The molecule has 0 saturated heterocycles. The van der Waals surface area contributed by atoms with Crippen molar-refractivity contribution in [1.82, 2.24) is 0 Å². The number of aldehydes is 1. The molecule has 0 aromatic heterocycles. The van der Waals surface area contributed by atoms with Gasteiger partial charge >= 0.3 is 5.97 Å². The van der Waals surface area contributed by atoms with E-state index >= 15 is 0 Å². The first kappa shape index (κ1) is 18.2. The van der Waals surface area contributed by atoms with Crippen molar-refractivity contribution in [2.45, 2.75) is 44.4 Å². The Balaban J connectivity index is 2.52. The Morgan fingerprint density at radius 1 is 1.38 bits per heavy atom. The second-order valence-corrected chi connectivity index (χ2v) is 6.15. The fraction of sp³-hybridized carbons (Fsp3) is 0.526. The molecule has 2 rings (SSSR count). The molecule has 0 bridgehead atoms. The normalized spacial score (nSPS) is 24.1. The molecule has 0 radical (unpaired) electrons. The Kier molecular flexibility index (Phi) is 6.12. The molecule has 2 atom stereocenters. The number of esters is 1. The number of carbonyl (C=O) groups is 3. The average molecular weight is 332 g/mol. The van der Waals surface area contributed by atoms with E-state index in [2.05, 4.69) is 0 Å². The average Bonchev–Trinajstić information content (AvgIpc) is 2.75. The Bertz CT molecular complexity index is 610. The fourth-order valence-electron chi connectivity index (χ4n) is 3.47. The smallest absolute Gasteiger partial charge is 0.307 e. The molecule has 0 N–H and O–H groups in total. The quantitative estimate of drug-likeness (QED) is 0.347. The van der Waals surface area contributed by atoms with Crippen molar-refractivity contribution in [3.05, 3.63) is 29.8 Å². The summed E-state index contributed by atoms with van der Waals surface area (Å²) >= 11 is 0. The first-order chi connectivity index (χ1) is 11.6. The standard InChI is InChI=1S/C19H24O5/c1-3-24-17(21)12-19(15-8-6-9-16(11-15)23-2)10-5-4-7-14(13-20)18(19)22/h6,8-9,11,13-14H,3-5,7,10,12H2,1-2H3. The predicted octanol–water partition coefficient (Wildman–Crippen LogP) is 2.84. The van der Waals surface area contributed by atoms with Crippen molar-refractivity contribution in [3.63, 3.8) is 0 Å². The molecule has 0 amide bonds. The molecule has 1 aliphatic rings. The minimum atomic E-state index is -1.02. The third-order valence-corrected chi connectivity index (χ3v) is 4.72. The van der Waals surface area contributed by atoms with Crippen LogP contribution in [0, 0.1) is 5.92 Å². The van der Waals surface area contributed by atoms with E-state index in [1.807, 2.05) is 6.07 Å². The molecule has 5 nitrogen and oxygen atoms in total. The lowest BCUT2D eigenvalue weighted by molar-refractivity contribution is -0.148. The van der Waals surface area contributed by atoms with Crippen LogP contribution < -0.4 is 4.74 Å². The largest absolute Gasteiger partial charge is 0.497 e. The van der Waals surface area contributed by atoms with Crippen LogP contribution in [-0.4, -0.2) is 31.8 Å². The summed E-state index contributed by atoms with van der Waals surface area (Å²) in [6, 6.07) is 7.20. The van der Waals surface area contributed by atoms with Crippen molar-refractivity contribution >= 4 is 18.0 Å². The maximum Gasteiger partial charge on any atom is 0.307 e. The van der Waals surface area contributed by atoms with E-state index in [9.17, 15) is 14.4 Å². The zero-order chi connectivity index (χ0) is 17.6. The molecule has 1 aromatic carbocycles. The van der Waals surface area contributed by atoms with Gasteiger partial charge in [0.25, 0.3) is 0 Å². The number of carbonyl (C=O) groups excluding carboxylic acids is 3. The molecule has 1 aliphatic carbocycles. The summed E-state index contributed by atoms with van der Waals surface area (Å²) in [6.45, 7) is 2.00. The van der Waals surface area contributed by atoms with Crippen LogP contribution >= 0.6 is 0 Å². The Morgan fingerprint density at radius 2 is 2.17 bits per heavy atom. The first-order valence-corrected chi connectivity index (χ1v) is 8.37. The summed E-state index contributed by atoms with van der Waals surface area (Å²) in [5.74, 6) is -0.653. The van der Waals surface area contributed by atoms with E-state index in [1.165, 1.54) is 0 Å². The first-order valence-electron chi connectivity index (χ1n) is 8.37. The molecule has 0 aliphatic heterocycles. The molecule has 5 heteroatoms. The van der Waals surface area contributed by atoms with Gasteiger partial charge in [0.1, 0.15) is 12.0 Å². The van der Waals surface area contributed by atoms with Gasteiger partial charge in [-0.3, -0.25) is 9.59 Å². The van der Waals surface area contributed by atoms with E-state index in [0.717, 1.165) is 12.8 Å². The Morgan fingerprint density at radius 3 is 2.83 bits per heavy atom. The Labute approximate surface area is 142 Å². The number of rotatable bonds is 6. The van der Waals surface area contributed by atoms with Gasteiger partial charge in [-0.1, -0.05) is 25.0 Å². The number of ketones is 1. The van der Waals surface area contributed by atoms with E-state index in [4.69, 9.17) is 9.47 Å². The number of hydrogen-bond donors (Lipinski definition) is 0. The zero-order valence-electron chi connectivity index (χ0n) is 14.2. The highest BCUT2D eigenvalue weighted by molar-refractivity contribution is 6.02. The summed E-state index contributed by atoms with van der Waals surface area (Å²) in [5, 5.41) is 0. The lowest BCUT2D eigenvalue weighted by Gasteiger charge is -2.32. The third kappa shape index (κ3) is 3.66. The molecule has 0 heterocycles. The fourth-order valence-corrected chi connectivity index (χ4v) is 3.47. The highest BCUT2D eigenvalue weighted by atomic mass is 16.5. The lowest BCUT2D eigenvalue weighted by Crippen LogP contribution is -2.41. The van der Waals surface area contributed by atoms with Gasteiger partial charge in [-0.05, 0) is 37.5 Å². The van der Waals surface area contributed by atoms with Gasteiger partial charge in [-0.15, -0.1) is 0 Å². The van der Waals surface area contributed by atoms with Crippen molar-refractivity contribution in [1.29, 1.82) is 0 Å². The lowest BCUT2D eigenvalue weighted by atomic mass is 9.69. The minimum Gasteiger partial charge on any atom is -0.497 e. The van der Waals surface area contributed by atoms with Crippen molar-refractivity contribution < 1.29 is 23.9 Å². The summed E-state index contributed by atoms with van der Waals surface area (Å²) < 4.78 is 10.4. The highest BCUT2D eigenvalue weighted by Crippen LogP contribution is 2.41. The van der Waals surface area contributed by atoms with E-state index in [0.29, 0.717) is 30.4 Å². The van der Waals surface area contributed by atoms with Gasteiger partial charge in [0.2, 0.25) is 0 Å². The summed E-state index contributed by atoms with van der Waals surface area (Å²) in [7, 11) is 1.56. The summed E-state index contributed by atoms with van der Waals surface area (Å²) in [5.41, 5.74) is -0.309. The van der Waals surface area contributed by atoms with Crippen molar-refractivity contribution in [3.8, 4) is 5.75 Å². The molecule has 1 aromatic rings. The van der Waals surface area contributed by atoms with Gasteiger partial charge in [-0.2, -0.15) is 0 Å². The Hall–Kier alpha value is -2.17. The third-order valence-electron chi connectivity index (χ3n) is 4.72. The van der Waals surface area contributed by atoms with Crippen LogP contribution in [0.4, 0.5) is 0 Å². The second-order valence-electron chi connectivity index (χ2n) is 6.15. The van der Waals surface area contributed by atoms with Gasteiger partial charge in [0.15, 0.2) is 5.78 Å². The van der Waals surface area contributed by atoms with Crippen LogP contribution in [0.25, 0.3) is 0 Å². The van der Waals surface area contributed by atoms with Crippen molar-refractivity contribution in [2.24, 2.45) is 5.92 Å². The molecule has 1 saturated carbocycles. The molecule has 1 fully saturated rings. The maximum absolute atomic E-state index is 13.2. The number of methoxy groups -OCH3 is 1. The van der Waals surface area contributed by atoms with Gasteiger partial charge in [0, 0.05) is 0 Å². The molecule has 24 heavy (non-hydrogen) atoms.